The topological polar surface area (TPSA) is 72.5 Å². The zero-order valence-corrected chi connectivity index (χ0v) is 20.9. The zero-order chi connectivity index (χ0) is 26.0. The number of methoxy groups -OCH3 is 6. The van der Waals surface area contributed by atoms with Crippen molar-refractivity contribution in [3.05, 3.63) is 76.1 Å². The van der Waals surface area contributed by atoms with Crippen LogP contribution in [0.5, 0.6) is 34.5 Å². The van der Waals surface area contributed by atoms with Crippen LogP contribution in [0.2, 0.25) is 0 Å². The maximum Gasteiger partial charge on any atom is 0.203 e. The van der Waals surface area contributed by atoms with Gasteiger partial charge in [0.05, 0.1) is 42.7 Å². The van der Waals surface area contributed by atoms with Crippen LogP contribution in [0.25, 0.3) is 6.08 Å². The second kappa shape index (κ2) is 10.2. The number of allylic oxidation sites excluding steroid dienone is 1. The molecular formula is C28H27FO7. The third-order valence-electron chi connectivity index (χ3n) is 6.19. The Balaban J connectivity index is 2.06. The van der Waals surface area contributed by atoms with Crippen LogP contribution in [0.1, 0.15) is 33.0 Å². The van der Waals surface area contributed by atoms with E-state index in [-0.39, 0.29) is 11.6 Å². The van der Waals surface area contributed by atoms with E-state index in [4.69, 9.17) is 28.4 Å². The van der Waals surface area contributed by atoms with Crippen LogP contribution in [-0.4, -0.2) is 48.4 Å². The number of fused-ring (bicyclic) bond motifs is 1. The summed E-state index contributed by atoms with van der Waals surface area (Å²) in [5.74, 6) is 1.25. The van der Waals surface area contributed by atoms with Crippen molar-refractivity contribution in [1.82, 2.24) is 0 Å². The summed E-state index contributed by atoms with van der Waals surface area (Å²) in [6.45, 7) is 0. The fourth-order valence-electron chi connectivity index (χ4n) is 4.60. The van der Waals surface area contributed by atoms with Gasteiger partial charge in [0.25, 0.3) is 0 Å². The van der Waals surface area contributed by atoms with Gasteiger partial charge in [-0.15, -0.1) is 0 Å². The third-order valence-corrected chi connectivity index (χ3v) is 6.19. The van der Waals surface area contributed by atoms with Crippen LogP contribution in [0, 0.1) is 5.82 Å². The predicted molar refractivity (Wildman–Crippen MR) is 133 cm³/mol. The molecule has 8 heteroatoms. The maximum absolute atomic E-state index is 13.8. The van der Waals surface area contributed by atoms with Crippen molar-refractivity contribution < 1.29 is 37.6 Å². The van der Waals surface area contributed by atoms with Crippen molar-refractivity contribution in [2.24, 2.45) is 0 Å². The first kappa shape index (κ1) is 24.9. The van der Waals surface area contributed by atoms with E-state index in [1.54, 1.807) is 36.4 Å². The molecule has 1 aliphatic carbocycles. The molecule has 3 aromatic rings. The van der Waals surface area contributed by atoms with Crippen LogP contribution >= 0.6 is 0 Å². The SMILES string of the molecule is COc1cc(C2/C(=C/c3ccc(F)cc3)C(=O)c3cc(OC)c(OC)c(OC)c32)cc(OC)c1OC. The van der Waals surface area contributed by atoms with E-state index in [0.29, 0.717) is 62.3 Å². The van der Waals surface area contributed by atoms with Crippen molar-refractivity contribution >= 4 is 11.9 Å². The van der Waals surface area contributed by atoms with Crippen molar-refractivity contribution in [1.29, 1.82) is 0 Å². The van der Waals surface area contributed by atoms with Gasteiger partial charge in [0.1, 0.15) is 5.82 Å². The molecule has 1 aliphatic rings. The molecular weight excluding hydrogens is 467 g/mol. The van der Waals surface area contributed by atoms with Gasteiger partial charge in [0.15, 0.2) is 28.8 Å². The summed E-state index contributed by atoms with van der Waals surface area (Å²) in [4.78, 5) is 13.8. The number of rotatable bonds is 8. The molecule has 3 aromatic carbocycles. The molecule has 0 aromatic heterocycles. The number of carbonyl (C=O) groups is 1. The number of ketones is 1. The Morgan fingerprint density at radius 1 is 0.694 bits per heavy atom. The van der Waals surface area contributed by atoms with Gasteiger partial charge in [0, 0.05) is 22.6 Å². The van der Waals surface area contributed by atoms with Crippen molar-refractivity contribution in [2.45, 2.75) is 5.92 Å². The molecule has 0 bridgehead atoms. The number of halogens is 1. The average Bonchev–Trinajstić information content (AvgIpc) is 3.18. The minimum absolute atomic E-state index is 0.215. The summed E-state index contributed by atoms with van der Waals surface area (Å²) in [5, 5.41) is 0. The molecule has 0 N–H and O–H groups in total. The summed E-state index contributed by atoms with van der Waals surface area (Å²) in [5.41, 5.74) is 2.86. The second-order valence-electron chi connectivity index (χ2n) is 7.98. The Kier molecular flexibility index (Phi) is 7.05. The van der Waals surface area contributed by atoms with Crippen LogP contribution in [0.3, 0.4) is 0 Å². The molecule has 0 fully saturated rings. The van der Waals surface area contributed by atoms with Gasteiger partial charge in [-0.1, -0.05) is 12.1 Å². The van der Waals surface area contributed by atoms with Gasteiger partial charge >= 0.3 is 0 Å². The minimum atomic E-state index is -0.582. The number of benzene rings is 3. The van der Waals surface area contributed by atoms with Gasteiger partial charge in [-0.3, -0.25) is 4.79 Å². The highest BCUT2D eigenvalue weighted by Gasteiger charge is 2.41. The molecule has 1 atom stereocenters. The molecule has 7 nitrogen and oxygen atoms in total. The van der Waals surface area contributed by atoms with Crippen LogP contribution in [0.4, 0.5) is 4.39 Å². The van der Waals surface area contributed by atoms with E-state index in [9.17, 15) is 9.18 Å². The Morgan fingerprint density at radius 3 is 1.72 bits per heavy atom. The Hall–Kier alpha value is -4.20. The van der Waals surface area contributed by atoms with Crippen molar-refractivity contribution in [3.63, 3.8) is 0 Å². The molecule has 0 saturated heterocycles. The van der Waals surface area contributed by atoms with Gasteiger partial charge in [0.2, 0.25) is 11.5 Å². The van der Waals surface area contributed by atoms with E-state index < -0.39 is 5.92 Å². The highest BCUT2D eigenvalue weighted by Crippen LogP contribution is 2.55. The van der Waals surface area contributed by atoms with E-state index in [1.807, 2.05) is 0 Å². The molecule has 36 heavy (non-hydrogen) atoms. The molecule has 0 amide bonds. The summed E-state index contributed by atoms with van der Waals surface area (Å²) in [7, 11) is 9.09. The fraction of sp³-hybridized carbons (Fsp3) is 0.250. The lowest BCUT2D eigenvalue weighted by Gasteiger charge is -2.21. The van der Waals surface area contributed by atoms with E-state index in [2.05, 4.69) is 0 Å². The lowest BCUT2D eigenvalue weighted by molar-refractivity contribution is 0.103. The molecule has 4 rings (SSSR count). The molecule has 0 aliphatic heterocycles. The number of hydrogen-bond donors (Lipinski definition) is 0. The van der Waals surface area contributed by atoms with E-state index in [1.165, 1.54) is 54.8 Å². The predicted octanol–water partition coefficient (Wildman–Crippen LogP) is 5.29. The van der Waals surface area contributed by atoms with E-state index >= 15 is 0 Å². The molecule has 0 saturated carbocycles. The minimum Gasteiger partial charge on any atom is -0.493 e. The Bertz CT molecular complexity index is 1300. The first-order valence-corrected chi connectivity index (χ1v) is 11.1. The van der Waals surface area contributed by atoms with Gasteiger partial charge < -0.3 is 28.4 Å². The van der Waals surface area contributed by atoms with Crippen LogP contribution < -0.4 is 28.4 Å². The largest absolute Gasteiger partial charge is 0.493 e. The highest BCUT2D eigenvalue weighted by atomic mass is 19.1. The van der Waals surface area contributed by atoms with Crippen LogP contribution in [0.15, 0.2) is 48.0 Å². The number of Topliss-reactive ketones (excluding diaryl/α,β-unsaturated/α-hetero) is 1. The Morgan fingerprint density at radius 2 is 1.22 bits per heavy atom. The zero-order valence-electron chi connectivity index (χ0n) is 20.9. The summed E-state index contributed by atoms with van der Waals surface area (Å²) >= 11 is 0. The monoisotopic (exact) mass is 494 g/mol. The number of ether oxygens (including phenoxy) is 6. The highest BCUT2D eigenvalue weighted by molar-refractivity contribution is 6.18. The smallest absolute Gasteiger partial charge is 0.203 e. The number of carbonyl (C=O) groups excluding carboxylic acids is 1. The maximum atomic E-state index is 13.8. The fourth-order valence-corrected chi connectivity index (χ4v) is 4.60. The van der Waals surface area contributed by atoms with Gasteiger partial charge in [-0.05, 0) is 47.5 Å². The summed E-state index contributed by atoms with van der Waals surface area (Å²) in [6.07, 6.45) is 1.74. The molecule has 0 heterocycles. The second-order valence-corrected chi connectivity index (χ2v) is 7.98. The first-order valence-electron chi connectivity index (χ1n) is 11.1. The van der Waals surface area contributed by atoms with Gasteiger partial charge in [-0.2, -0.15) is 0 Å². The third kappa shape index (κ3) is 4.08. The number of hydrogen-bond acceptors (Lipinski definition) is 7. The molecule has 1 unspecified atom stereocenters. The lowest BCUT2D eigenvalue weighted by atomic mass is 9.87. The lowest BCUT2D eigenvalue weighted by Crippen LogP contribution is -2.06. The van der Waals surface area contributed by atoms with E-state index in [0.717, 1.165) is 0 Å². The summed E-state index contributed by atoms with van der Waals surface area (Å²) < 4.78 is 47.1. The average molecular weight is 495 g/mol. The Labute approximate surface area is 209 Å². The quantitative estimate of drug-likeness (QED) is 0.394. The van der Waals surface area contributed by atoms with Crippen molar-refractivity contribution in [3.8, 4) is 34.5 Å². The van der Waals surface area contributed by atoms with Crippen molar-refractivity contribution in [2.75, 3.05) is 42.7 Å². The molecule has 0 spiro atoms. The first-order chi connectivity index (χ1) is 17.4. The summed E-state index contributed by atoms with van der Waals surface area (Å²) in [6, 6.07) is 11.2. The standard InChI is InChI=1S/C28H27FO7/c1-31-20-12-16(13-21(32-2)26(20)34-4)23-18(11-15-7-9-17(29)10-8-15)25(30)19-14-22(33-3)27(35-5)28(36-6)24(19)23/h7-14,23H,1-6H3/b18-11-. The molecule has 0 radical (unpaired) electrons. The normalized spacial score (nSPS) is 15.5. The molecule has 188 valence electrons. The van der Waals surface area contributed by atoms with Gasteiger partial charge in [-0.25, -0.2) is 4.39 Å². The van der Waals surface area contributed by atoms with Crippen LogP contribution in [-0.2, 0) is 0 Å².